The lowest BCUT2D eigenvalue weighted by Gasteiger charge is -2.38. The van der Waals surface area contributed by atoms with Crippen molar-refractivity contribution in [3.05, 3.63) is 54.5 Å². The number of ether oxygens (including phenoxy) is 1. The molecule has 1 aliphatic heterocycles. The molecule has 4 aromatic rings. The smallest absolute Gasteiger partial charge is 0.316 e. The first-order valence-electron chi connectivity index (χ1n) is 10.6. The Morgan fingerprint density at radius 2 is 1.97 bits per heavy atom. The molecule has 1 amide bonds. The highest BCUT2D eigenvalue weighted by Crippen LogP contribution is 2.31. The third-order valence-electron chi connectivity index (χ3n) is 5.70. The molecule has 5 rings (SSSR count). The minimum Gasteiger partial charge on any atom is -0.467 e. The molecule has 1 saturated heterocycles. The molecule has 0 bridgehead atoms. The van der Waals surface area contributed by atoms with E-state index in [-0.39, 0.29) is 11.9 Å². The quantitative estimate of drug-likeness (QED) is 0.513. The van der Waals surface area contributed by atoms with Crippen LogP contribution in [0.5, 0.6) is 6.01 Å². The molecule has 1 aromatic carbocycles. The molecule has 1 fully saturated rings. The van der Waals surface area contributed by atoms with Gasteiger partial charge >= 0.3 is 6.01 Å². The molecular weight excluding hydrogens is 406 g/mol. The van der Waals surface area contributed by atoms with Gasteiger partial charge in [-0.2, -0.15) is 4.98 Å². The zero-order valence-corrected chi connectivity index (χ0v) is 18.2. The SMILES string of the molecule is COc1ncc2c(N3CC(C)NC(C)C3)ccc(C(=O)Nc3cccc4nccn34)c2n1. The number of aromatic nitrogens is 4. The highest BCUT2D eigenvalue weighted by Gasteiger charge is 2.24. The normalized spacial score (nSPS) is 18.8. The summed E-state index contributed by atoms with van der Waals surface area (Å²) in [6.07, 6.45) is 5.24. The van der Waals surface area contributed by atoms with E-state index in [2.05, 4.69) is 44.3 Å². The van der Waals surface area contributed by atoms with Gasteiger partial charge in [-0.15, -0.1) is 0 Å². The average Bonchev–Trinajstić information content (AvgIpc) is 3.27. The summed E-state index contributed by atoms with van der Waals surface area (Å²) in [6, 6.07) is 10.3. The summed E-state index contributed by atoms with van der Waals surface area (Å²) in [4.78, 5) is 28.8. The first kappa shape index (κ1) is 20.2. The number of amides is 1. The monoisotopic (exact) mass is 431 g/mol. The van der Waals surface area contributed by atoms with Crippen molar-refractivity contribution in [1.29, 1.82) is 0 Å². The van der Waals surface area contributed by atoms with Crippen LogP contribution in [0.15, 0.2) is 48.9 Å². The van der Waals surface area contributed by atoms with Gasteiger partial charge in [-0.3, -0.25) is 9.20 Å². The number of piperazine rings is 1. The maximum atomic E-state index is 13.3. The van der Waals surface area contributed by atoms with Crippen LogP contribution in [0.3, 0.4) is 0 Å². The molecule has 4 heterocycles. The zero-order chi connectivity index (χ0) is 22.2. The van der Waals surface area contributed by atoms with Gasteiger partial charge in [-0.05, 0) is 38.1 Å². The Kier molecular flexibility index (Phi) is 5.10. The summed E-state index contributed by atoms with van der Waals surface area (Å²) in [5.41, 5.74) is 2.78. The van der Waals surface area contributed by atoms with Crippen molar-refractivity contribution >= 4 is 34.0 Å². The van der Waals surface area contributed by atoms with E-state index >= 15 is 0 Å². The number of carbonyl (C=O) groups is 1. The molecule has 9 heteroatoms. The number of benzene rings is 1. The highest BCUT2D eigenvalue weighted by molar-refractivity contribution is 6.13. The van der Waals surface area contributed by atoms with Gasteiger partial charge < -0.3 is 20.3 Å². The van der Waals surface area contributed by atoms with Gasteiger partial charge in [0.05, 0.1) is 18.2 Å². The Morgan fingerprint density at radius 1 is 1.16 bits per heavy atom. The topological polar surface area (TPSA) is 96.7 Å². The number of nitrogens with one attached hydrogen (secondary N) is 2. The van der Waals surface area contributed by atoms with Crippen LogP contribution in [0.1, 0.15) is 24.2 Å². The third kappa shape index (κ3) is 3.60. The predicted molar refractivity (Wildman–Crippen MR) is 124 cm³/mol. The Bertz CT molecular complexity index is 1290. The summed E-state index contributed by atoms with van der Waals surface area (Å²) in [5, 5.41) is 7.36. The Morgan fingerprint density at radius 3 is 2.75 bits per heavy atom. The van der Waals surface area contributed by atoms with Crippen molar-refractivity contribution in [2.24, 2.45) is 0 Å². The van der Waals surface area contributed by atoms with Crippen LogP contribution in [0, 0.1) is 0 Å². The molecule has 0 saturated carbocycles. The summed E-state index contributed by atoms with van der Waals surface area (Å²) in [6.45, 7) is 6.06. The number of anilines is 2. The van der Waals surface area contributed by atoms with E-state index < -0.39 is 0 Å². The zero-order valence-electron chi connectivity index (χ0n) is 18.2. The van der Waals surface area contributed by atoms with Gasteiger partial charge in [-0.25, -0.2) is 9.97 Å². The molecule has 2 N–H and O–H groups in total. The number of carbonyl (C=O) groups excluding carboxylic acids is 1. The maximum absolute atomic E-state index is 13.3. The molecule has 2 atom stereocenters. The van der Waals surface area contributed by atoms with Crippen molar-refractivity contribution < 1.29 is 9.53 Å². The molecule has 2 unspecified atom stereocenters. The lowest BCUT2D eigenvalue weighted by Crippen LogP contribution is -2.54. The average molecular weight is 432 g/mol. The summed E-state index contributed by atoms with van der Waals surface area (Å²) < 4.78 is 7.08. The number of pyridine rings is 1. The van der Waals surface area contributed by atoms with Gasteiger partial charge in [0.1, 0.15) is 11.5 Å². The summed E-state index contributed by atoms with van der Waals surface area (Å²) >= 11 is 0. The van der Waals surface area contributed by atoms with Crippen LogP contribution in [-0.4, -0.2) is 57.5 Å². The Hall–Kier alpha value is -3.72. The molecule has 0 spiro atoms. The Balaban J connectivity index is 1.57. The molecule has 3 aromatic heterocycles. The minimum absolute atomic E-state index is 0.224. The molecular formula is C23H25N7O2. The largest absolute Gasteiger partial charge is 0.467 e. The predicted octanol–water partition coefficient (Wildman–Crippen LogP) is 2.73. The van der Waals surface area contributed by atoms with Crippen molar-refractivity contribution in [2.45, 2.75) is 25.9 Å². The standard InChI is InChI=1S/C23H25N7O2/c1-14-12-29(13-15(2)26-14)18-8-7-16(21-17(18)11-25-23(28-21)32-3)22(31)27-20-6-4-5-19-24-9-10-30(19)20/h4-11,14-15,26H,12-13H2,1-3H3,(H,27,31). The lowest BCUT2D eigenvalue weighted by molar-refractivity contribution is 0.102. The second-order valence-corrected chi connectivity index (χ2v) is 8.15. The van der Waals surface area contributed by atoms with Gasteiger partial charge in [0.15, 0.2) is 0 Å². The van der Waals surface area contributed by atoms with Crippen LogP contribution >= 0.6 is 0 Å². The van der Waals surface area contributed by atoms with E-state index in [9.17, 15) is 4.79 Å². The van der Waals surface area contributed by atoms with E-state index in [0.717, 1.165) is 29.8 Å². The van der Waals surface area contributed by atoms with E-state index in [1.54, 1.807) is 12.4 Å². The van der Waals surface area contributed by atoms with Crippen LogP contribution in [0.2, 0.25) is 0 Å². The maximum Gasteiger partial charge on any atom is 0.316 e. The molecule has 32 heavy (non-hydrogen) atoms. The molecule has 0 radical (unpaired) electrons. The fourth-order valence-electron chi connectivity index (χ4n) is 4.40. The fraction of sp³-hybridized carbons (Fsp3) is 0.304. The van der Waals surface area contributed by atoms with E-state index in [1.807, 2.05) is 40.9 Å². The lowest BCUT2D eigenvalue weighted by atomic mass is 10.0. The third-order valence-corrected chi connectivity index (χ3v) is 5.70. The number of rotatable bonds is 4. The number of methoxy groups -OCH3 is 1. The van der Waals surface area contributed by atoms with Gasteiger partial charge in [0, 0.05) is 54.8 Å². The second-order valence-electron chi connectivity index (χ2n) is 8.15. The van der Waals surface area contributed by atoms with Crippen molar-refractivity contribution in [1.82, 2.24) is 24.7 Å². The second kappa shape index (κ2) is 8.08. The van der Waals surface area contributed by atoms with E-state index in [4.69, 9.17) is 4.74 Å². The number of hydrogen-bond acceptors (Lipinski definition) is 7. The van der Waals surface area contributed by atoms with Crippen LogP contribution in [0.4, 0.5) is 11.5 Å². The fourth-order valence-corrected chi connectivity index (χ4v) is 4.40. The molecule has 9 nitrogen and oxygen atoms in total. The number of nitrogens with zero attached hydrogens (tertiary/aromatic N) is 5. The van der Waals surface area contributed by atoms with Gasteiger partial charge in [-0.1, -0.05) is 6.07 Å². The van der Waals surface area contributed by atoms with Gasteiger partial charge in [0.25, 0.3) is 5.91 Å². The first-order chi connectivity index (χ1) is 15.5. The number of hydrogen-bond donors (Lipinski definition) is 2. The molecule has 0 aliphatic carbocycles. The van der Waals surface area contributed by atoms with Crippen LogP contribution < -0.4 is 20.3 Å². The van der Waals surface area contributed by atoms with Crippen molar-refractivity contribution in [3.8, 4) is 6.01 Å². The van der Waals surface area contributed by atoms with E-state index in [0.29, 0.717) is 29.0 Å². The summed E-state index contributed by atoms with van der Waals surface area (Å²) in [7, 11) is 1.52. The van der Waals surface area contributed by atoms with Crippen LogP contribution in [-0.2, 0) is 0 Å². The molecule has 1 aliphatic rings. The summed E-state index contributed by atoms with van der Waals surface area (Å²) in [5.74, 6) is 0.374. The van der Waals surface area contributed by atoms with Crippen molar-refractivity contribution in [2.75, 3.05) is 30.4 Å². The Labute approximate surface area is 185 Å². The first-order valence-corrected chi connectivity index (χ1v) is 10.6. The molecule has 164 valence electrons. The minimum atomic E-state index is -0.259. The van der Waals surface area contributed by atoms with Gasteiger partial charge in [0.2, 0.25) is 0 Å². The number of fused-ring (bicyclic) bond motifs is 2. The van der Waals surface area contributed by atoms with Crippen molar-refractivity contribution in [3.63, 3.8) is 0 Å². The highest BCUT2D eigenvalue weighted by atomic mass is 16.5. The van der Waals surface area contributed by atoms with E-state index in [1.165, 1.54) is 7.11 Å². The van der Waals surface area contributed by atoms with Crippen LogP contribution in [0.25, 0.3) is 16.6 Å². The number of imidazole rings is 1.